The van der Waals surface area contributed by atoms with Crippen LogP contribution in [0.4, 0.5) is 11.4 Å². The van der Waals surface area contributed by atoms with Crippen LogP contribution >= 0.6 is 0 Å². The third kappa shape index (κ3) is 3.69. The van der Waals surface area contributed by atoms with E-state index in [0.717, 1.165) is 12.1 Å². The highest BCUT2D eigenvalue weighted by Gasteiger charge is 2.07. The number of benzene rings is 2. The second kappa shape index (κ2) is 5.57. The first-order valence-electron chi connectivity index (χ1n) is 5.43. The zero-order valence-corrected chi connectivity index (χ0v) is 10.9. The van der Waals surface area contributed by atoms with E-state index in [-0.39, 0.29) is 17.1 Å². The summed E-state index contributed by atoms with van der Waals surface area (Å²) < 4.78 is 31.5. The van der Waals surface area contributed by atoms with Gasteiger partial charge >= 0.3 is 0 Å². The minimum atomic E-state index is -4.17. The van der Waals surface area contributed by atoms with E-state index in [1.807, 2.05) is 0 Å². The fourth-order valence-corrected chi connectivity index (χ4v) is 2.15. The Kier molecular flexibility index (Phi) is 3.85. The van der Waals surface area contributed by atoms with Crippen molar-refractivity contribution in [3.63, 3.8) is 0 Å². The van der Waals surface area contributed by atoms with Crippen molar-refractivity contribution in [2.75, 3.05) is 0 Å². The molecule has 0 amide bonds. The van der Waals surface area contributed by atoms with Gasteiger partial charge in [-0.05, 0) is 12.1 Å². The van der Waals surface area contributed by atoms with Crippen LogP contribution in [0.15, 0.2) is 54.6 Å². The summed E-state index contributed by atoms with van der Waals surface area (Å²) in [5.74, 6) is -0.0460. The maximum Gasteiger partial charge on any atom is 0.269 e. The molecule has 20 heavy (non-hydrogen) atoms. The average molecular weight is 293 g/mol. The highest BCUT2D eigenvalue weighted by atomic mass is 32.2. The Morgan fingerprint density at radius 2 is 1.60 bits per heavy atom. The van der Waals surface area contributed by atoms with Gasteiger partial charge in [0.1, 0.15) is 5.75 Å². The van der Waals surface area contributed by atoms with Crippen molar-refractivity contribution in [1.82, 2.24) is 0 Å². The van der Waals surface area contributed by atoms with Crippen molar-refractivity contribution < 1.29 is 17.5 Å². The van der Waals surface area contributed by atoms with E-state index in [2.05, 4.69) is 4.72 Å². The Morgan fingerprint density at radius 3 is 2.15 bits per heavy atom. The molecular formula is C12H9N2O5S-. The lowest BCUT2D eigenvalue weighted by atomic mass is 10.3. The summed E-state index contributed by atoms with van der Waals surface area (Å²) in [6.07, 6.45) is 0. The van der Waals surface area contributed by atoms with E-state index in [1.54, 1.807) is 18.2 Å². The van der Waals surface area contributed by atoms with E-state index >= 15 is 0 Å². The van der Waals surface area contributed by atoms with Crippen molar-refractivity contribution in [3.05, 3.63) is 69.4 Å². The Hall–Kier alpha value is -2.61. The van der Waals surface area contributed by atoms with E-state index in [4.69, 9.17) is 4.18 Å². The van der Waals surface area contributed by atoms with Gasteiger partial charge in [-0.2, -0.15) is 0 Å². The molecule has 2 aromatic carbocycles. The summed E-state index contributed by atoms with van der Waals surface area (Å²) in [6.45, 7) is 0. The molecule has 0 aliphatic carbocycles. The summed E-state index contributed by atoms with van der Waals surface area (Å²) in [5, 5.41) is 10.5. The van der Waals surface area contributed by atoms with E-state index < -0.39 is 15.2 Å². The topological polar surface area (TPSA) is 101 Å². The molecule has 7 nitrogen and oxygen atoms in total. The minimum Gasteiger partial charge on any atom is -0.543 e. The van der Waals surface area contributed by atoms with Gasteiger partial charge in [0.05, 0.1) is 4.92 Å². The summed E-state index contributed by atoms with van der Waals surface area (Å²) in [4.78, 5) is 9.88. The predicted molar refractivity (Wildman–Crippen MR) is 72.1 cm³/mol. The molecule has 0 heterocycles. The van der Waals surface area contributed by atoms with Gasteiger partial charge in [0.2, 0.25) is 0 Å². The van der Waals surface area contributed by atoms with Crippen LogP contribution in [-0.2, 0) is 10.3 Å². The molecule has 2 aromatic rings. The van der Waals surface area contributed by atoms with Gasteiger partial charge in [-0.25, -0.2) is 8.42 Å². The smallest absolute Gasteiger partial charge is 0.269 e. The Morgan fingerprint density at radius 1 is 1.00 bits per heavy atom. The molecule has 0 unspecified atom stereocenters. The van der Waals surface area contributed by atoms with Crippen molar-refractivity contribution in [2.45, 2.75) is 0 Å². The molecule has 0 atom stereocenters. The lowest BCUT2D eigenvalue weighted by molar-refractivity contribution is -0.384. The molecule has 0 saturated carbocycles. The second-order valence-corrected chi connectivity index (χ2v) is 4.89. The normalized spacial score (nSPS) is 10.8. The number of rotatable bonds is 5. The average Bonchev–Trinajstić information content (AvgIpc) is 2.39. The third-order valence-electron chi connectivity index (χ3n) is 2.22. The van der Waals surface area contributed by atoms with Crippen LogP contribution in [0.5, 0.6) is 5.75 Å². The molecule has 0 aliphatic rings. The fraction of sp³-hybridized carbons (Fsp3) is 0. The van der Waals surface area contributed by atoms with E-state index in [0.29, 0.717) is 0 Å². The summed E-state index contributed by atoms with van der Waals surface area (Å²) in [5.41, 5.74) is 0.0733. The van der Waals surface area contributed by atoms with Gasteiger partial charge in [-0.1, -0.05) is 30.3 Å². The van der Waals surface area contributed by atoms with Gasteiger partial charge in [0.15, 0.2) is 0 Å². The maximum absolute atomic E-state index is 11.7. The molecule has 2 rings (SSSR count). The Balaban J connectivity index is 2.10. The van der Waals surface area contributed by atoms with Crippen LogP contribution < -0.4 is 4.18 Å². The van der Waals surface area contributed by atoms with E-state index in [9.17, 15) is 18.5 Å². The molecular weight excluding hydrogens is 284 g/mol. The maximum atomic E-state index is 11.7. The zero-order chi connectivity index (χ0) is 14.6. The van der Waals surface area contributed by atoms with Crippen LogP contribution in [-0.4, -0.2) is 13.3 Å². The van der Waals surface area contributed by atoms with Gasteiger partial charge in [-0.3, -0.25) is 10.1 Å². The van der Waals surface area contributed by atoms with Crippen LogP contribution in [0.1, 0.15) is 0 Å². The number of hydrogen-bond acceptors (Lipinski definition) is 5. The van der Waals surface area contributed by atoms with Gasteiger partial charge in [0, 0.05) is 12.1 Å². The lowest BCUT2D eigenvalue weighted by Crippen LogP contribution is -2.06. The molecule has 0 aromatic heterocycles. The van der Waals surface area contributed by atoms with Gasteiger partial charge in [0.25, 0.3) is 16.0 Å². The van der Waals surface area contributed by atoms with Crippen LogP contribution in [0.25, 0.3) is 4.72 Å². The number of non-ortho nitro benzene ring substituents is 1. The fourth-order valence-electron chi connectivity index (χ4n) is 1.38. The highest BCUT2D eigenvalue weighted by Crippen LogP contribution is 2.25. The number of nitro benzene ring substituents is 1. The van der Waals surface area contributed by atoms with Crippen molar-refractivity contribution in [2.24, 2.45) is 0 Å². The Bertz CT molecular complexity index is 698. The zero-order valence-electron chi connectivity index (χ0n) is 10.0. The molecule has 8 heteroatoms. The molecule has 0 saturated heterocycles. The standard InChI is InChI=1S/C12H9N2O5S/c15-14(16)11-6-8-12(9-7-11)19-20(17,18)13-10-4-2-1-3-5-10/h1-9H/q-1. The van der Waals surface area contributed by atoms with Crippen molar-refractivity contribution >= 4 is 21.7 Å². The predicted octanol–water partition coefficient (Wildman–Crippen LogP) is 2.92. The minimum absolute atomic E-state index is 0.0460. The molecule has 0 N–H and O–H groups in total. The van der Waals surface area contributed by atoms with Crippen LogP contribution in [0, 0.1) is 10.1 Å². The molecule has 0 bridgehead atoms. The monoisotopic (exact) mass is 293 g/mol. The lowest BCUT2D eigenvalue weighted by Gasteiger charge is -2.21. The molecule has 104 valence electrons. The largest absolute Gasteiger partial charge is 0.543 e. The van der Waals surface area contributed by atoms with Gasteiger partial charge in [-0.15, -0.1) is 5.69 Å². The summed E-state index contributed by atoms with van der Waals surface area (Å²) in [6, 6.07) is 12.7. The molecule has 0 aliphatic heterocycles. The van der Waals surface area contributed by atoms with Crippen LogP contribution in [0.3, 0.4) is 0 Å². The van der Waals surface area contributed by atoms with Crippen molar-refractivity contribution in [3.8, 4) is 5.75 Å². The molecule has 0 spiro atoms. The first-order chi connectivity index (χ1) is 9.46. The molecule has 0 fully saturated rings. The SMILES string of the molecule is O=[N+]([O-])c1ccc(OS(=O)(=O)[N-]c2ccccc2)cc1. The first kappa shape index (κ1) is 13.8. The van der Waals surface area contributed by atoms with Crippen LogP contribution in [0.2, 0.25) is 0 Å². The number of nitrogens with zero attached hydrogens (tertiary/aromatic N) is 2. The number of hydrogen-bond donors (Lipinski definition) is 0. The quantitative estimate of drug-likeness (QED) is 0.623. The summed E-state index contributed by atoms with van der Waals surface area (Å²) in [7, 11) is -4.17. The van der Waals surface area contributed by atoms with E-state index in [1.165, 1.54) is 24.3 Å². The molecule has 0 radical (unpaired) electrons. The van der Waals surface area contributed by atoms with Crippen molar-refractivity contribution in [1.29, 1.82) is 0 Å². The third-order valence-corrected chi connectivity index (χ3v) is 3.06. The number of nitro groups is 1. The highest BCUT2D eigenvalue weighted by molar-refractivity contribution is 7.90. The Labute approximate surface area is 115 Å². The summed E-state index contributed by atoms with van der Waals surface area (Å²) >= 11 is 0. The second-order valence-electron chi connectivity index (χ2n) is 3.69. The van der Waals surface area contributed by atoms with Gasteiger partial charge < -0.3 is 8.91 Å². The first-order valence-corrected chi connectivity index (χ1v) is 6.80.